The predicted octanol–water partition coefficient (Wildman–Crippen LogP) is 3.11. The highest BCUT2D eigenvalue weighted by atomic mass is 16.6. The normalized spacial score (nSPS) is 16.5. The summed E-state index contributed by atoms with van der Waals surface area (Å²) < 4.78 is 5.58. The van der Waals surface area contributed by atoms with Crippen molar-refractivity contribution in [3.8, 4) is 0 Å². The maximum atomic E-state index is 11.1. The Hall–Kier alpha value is -2.18. The van der Waals surface area contributed by atoms with Gasteiger partial charge < -0.3 is 9.73 Å². The van der Waals surface area contributed by atoms with E-state index in [0.717, 1.165) is 18.8 Å². The average molecular weight is 315 g/mol. The molecule has 1 N–H and O–H groups in total. The van der Waals surface area contributed by atoms with Crippen LogP contribution in [0.15, 0.2) is 47.1 Å². The highest BCUT2D eigenvalue weighted by molar-refractivity contribution is 5.39. The molecule has 0 amide bonds. The third-order valence-corrected chi connectivity index (χ3v) is 4.29. The highest BCUT2D eigenvalue weighted by Gasteiger charge is 2.25. The van der Waals surface area contributed by atoms with Crippen LogP contribution in [0.4, 0.5) is 5.69 Å². The standard InChI is InChI=1S/C17H21N3O3/c21-20(22)15-7-2-1-6-14(15)12-18-13-16(17-8-5-11-23-17)19-9-3-4-10-19/h1-2,5-8,11,16,18H,3-4,9-10,12-13H2. The minimum absolute atomic E-state index is 0.163. The molecule has 2 heterocycles. The number of hydrogen-bond donors (Lipinski definition) is 1. The first kappa shape index (κ1) is 15.7. The summed E-state index contributed by atoms with van der Waals surface area (Å²) in [4.78, 5) is 13.1. The van der Waals surface area contributed by atoms with E-state index in [1.165, 1.54) is 12.8 Å². The molecular weight excluding hydrogens is 294 g/mol. The van der Waals surface area contributed by atoms with Crippen molar-refractivity contribution in [1.82, 2.24) is 10.2 Å². The summed E-state index contributed by atoms with van der Waals surface area (Å²) in [7, 11) is 0. The van der Waals surface area contributed by atoms with Gasteiger partial charge in [-0.3, -0.25) is 15.0 Å². The molecule has 122 valence electrons. The van der Waals surface area contributed by atoms with E-state index in [2.05, 4.69) is 10.2 Å². The molecule has 1 saturated heterocycles. The van der Waals surface area contributed by atoms with Gasteiger partial charge in [0.25, 0.3) is 5.69 Å². The monoisotopic (exact) mass is 315 g/mol. The molecule has 1 fully saturated rings. The van der Waals surface area contributed by atoms with Crippen LogP contribution < -0.4 is 5.32 Å². The van der Waals surface area contributed by atoms with Crippen molar-refractivity contribution in [2.45, 2.75) is 25.4 Å². The molecule has 0 spiro atoms. The summed E-state index contributed by atoms with van der Waals surface area (Å²) in [6.45, 7) is 3.32. The van der Waals surface area contributed by atoms with Gasteiger partial charge in [-0.15, -0.1) is 0 Å². The zero-order valence-electron chi connectivity index (χ0n) is 13.0. The summed E-state index contributed by atoms with van der Waals surface area (Å²) >= 11 is 0. The number of nitro groups is 1. The Morgan fingerprint density at radius 1 is 1.22 bits per heavy atom. The number of para-hydroxylation sites is 1. The minimum Gasteiger partial charge on any atom is -0.468 e. The molecule has 1 unspecified atom stereocenters. The first-order valence-corrected chi connectivity index (χ1v) is 7.96. The fourth-order valence-electron chi connectivity index (χ4n) is 3.13. The number of benzene rings is 1. The Labute approximate surface area is 135 Å². The second kappa shape index (κ2) is 7.39. The van der Waals surface area contributed by atoms with Gasteiger partial charge in [0.05, 0.1) is 17.2 Å². The van der Waals surface area contributed by atoms with Gasteiger partial charge in [-0.1, -0.05) is 18.2 Å². The number of nitrogens with one attached hydrogen (secondary N) is 1. The van der Waals surface area contributed by atoms with Crippen molar-refractivity contribution < 1.29 is 9.34 Å². The van der Waals surface area contributed by atoms with Gasteiger partial charge in [-0.2, -0.15) is 0 Å². The molecule has 0 aliphatic carbocycles. The molecule has 2 aromatic rings. The van der Waals surface area contributed by atoms with Gasteiger partial charge in [0, 0.05) is 24.7 Å². The molecule has 0 bridgehead atoms. The molecule has 6 nitrogen and oxygen atoms in total. The van der Waals surface area contributed by atoms with E-state index in [4.69, 9.17) is 4.42 Å². The van der Waals surface area contributed by atoms with E-state index >= 15 is 0 Å². The van der Waals surface area contributed by atoms with E-state index in [1.54, 1.807) is 24.5 Å². The second-order valence-electron chi connectivity index (χ2n) is 5.79. The van der Waals surface area contributed by atoms with E-state index < -0.39 is 0 Å². The number of hydrogen-bond acceptors (Lipinski definition) is 5. The predicted molar refractivity (Wildman–Crippen MR) is 87.1 cm³/mol. The zero-order valence-corrected chi connectivity index (χ0v) is 13.0. The Morgan fingerprint density at radius 3 is 2.70 bits per heavy atom. The summed E-state index contributed by atoms with van der Waals surface area (Å²) in [5, 5.41) is 14.4. The quantitative estimate of drug-likeness (QED) is 0.628. The van der Waals surface area contributed by atoms with Crippen LogP contribution in [0.3, 0.4) is 0 Å². The van der Waals surface area contributed by atoms with E-state index in [1.807, 2.05) is 18.2 Å². The molecule has 1 aromatic carbocycles. The van der Waals surface area contributed by atoms with Gasteiger partial charge in [0.1, 0.15) is 5.76 Å². The third kappa shape index (κ3) is 3.78. The van der Waals surface area contributed by atoms with Crippen molar-refractivity contribution in [2.75, 3.05) is 19.6 Å². The Morgan fingerprint density at radius 2 is 2.00 bits per heavy atom. The average Bonchev–Trinajstić information content (AvgIpc) is 3.25. The fraction of sp³-hybridized carbons (Fsp3) is 0.412. The van der Waals surface area contributed by atoms with Crippen LogP contribution in [-0.2, 0) is 6.54 Å². The first-order valence-electron chi connectivity index (χ1n) is 7.96. The summed E-state index contributed by atoms with van der Waals surface area (Å²) in [6.07, 6.45) is 4.11. The summed E-state index contributed by atoms with van der Waals surface area (Å²) in [6, 6.07) is 10.9. The van der Waals surface area contributed by atoms with Gasteiger partial charge in [-0.05, 0) is 38.1 Å². The summed E-state index contributed by atoms with van der Waals surface area (Å²) in [5.74, 6) is 0.946. The molecule has 0 saturated carbocycles. The number of furan rings is 1. The molecule has 1 aliphatic heterocycles. The topological polar surface area (TPSA) is 71.5 Å². The third-order valence-electron chi connectivity index (χ3n) is 4.29. The van der Waals surface area contributed by atoms with Crippen LogP contribution in [0.5, 0.6) is 0 Å². The van der Waals surface area contributed by atoms with Crippen molar-refractivity contribution in [3.05, 3.63) is 64.1 Å². The van der Waals surface area contributed by atoms with Crippen LogP contribution >= 0.6 is 0 Å². The van der Waals surface area contributed by atoms with Crippen LogP contribution in [0, 0.1) is 10.1 Å². The second-order valence-corrected chi connectivity index (χ2v) is 5.79. The molecule has 1 atom stereocenters. The Bertz CT molecular complexity index is 636. The van der Waals surface area contributed by atoms with Crippen molar-refractivity contribution >= 4 is 5.69 Å². The molecule has 6 heteroatoms. The molecule has 0 radical (unpaired) electrons. The number of nitrogens with zero attached hydrogens (tertiary/aromatic N) is 2. The number of nitro benzene ring substituents is 1. The lowest BCUT2D eigenvalue weighted by molar-refractivity contribution is -0.385. The lowest BCUT2D eigenvalue weighted by Crippen LogP contribution is -2.33. The fourth-order valence-corrected chi connectivity index (χ4v) is 3.13. The summed E-state index contributed by atoms with van der Waals surface area (Å²) in [5.41, 5.74) is 0.868. The first-order chi connectivity index (χ1) is 11.3. The largest absolute Gasteiger partial charge is 0.468 e. The molecule has 1 aliphatic rings. The van der Waals surface area contributed by atoms with Gasteiger partial charge in [0.15, 0.2) is 0 Å². The van der Waals surface area contributed by atoms with Gasteiger partial charge in [0.2, 0.25) is 0 Å². The smallest absolute Gasteiger partial charge is 0.273 e. The maximum absolute atomic E-state index is 11.1. The van der Waals surface area contributed by atoms with Crippen molar-refractivity contribution in [3.63, 3.8) is 0 Å². The van der Waals surface area contributed by atoms with Crippen LogP contribution in [-0.4, -0.2) is 29.5 Å². The maximum Gasteiger partial charge on any atom is 0.273 e. The minimum atomic E-state index is -0.332. The Kier molecular flexibility index (Phi) is 5.05. The van der Waals surface area contributed by atoms with Crippen LogP contribution in [0.1, 0.15) is 30.2 Å². The lowest BCUT2D eigenvalue weighted by atomic mass is 10.1. The SMILES string of the molecule is O=[N+]([O-])c1ccccc1CNCC(c1ccco1)N1CCCC1. The number of rotatable bonds is 7. The van der Waals surface area contributed by atoms with E-state index in [-0.39, 0.29) is 16.7 Å². The molecule has 1 aromatic heterocycles. The van der Waals surface area contributed by atoms with Crippen molar-refractivity contribution in [1.29, 1.82) is 0 Å². The van der Waals surface area contributed by atoms with Crippen LogP contribution in [0.2, 0.25) is 0 Å². The molecular formula is C17H21N3O3. The number of likely N-dealkylation sites (tertiary alicyclic amines) is 1. The zero-order chi connectivity index (χ0) is 16.1. The highest BCUT2D eigenvalue weighted by Crippen LogP contribution is 2.25. The lowest BCUT2D eigenvalue weighted by Gasteiger charge is -2.26. The van der Waals surface area contributed by atoms with E-state index in [9.17, 15) is 10.1 Å². The van der Waals surface area contributed by atoms with Crippen molar-refractivity contribution in [2.24, 2.45) is 0 Å². The van der Waals surface area contributed by atoms with Gasteiger partial charge >= 0.3 is 0 Å². The molecule has 23 heavy (non-hydrogen) atoms. The van der Waals surface area contributed by atoms with E-state index in [0.29, 0.717) is 18.7 Å². The van der Waals surface area contributed by atoms with Gasteiger partial charge in [-0.25, -0.2) is 0 Å². The molecule has 3 rings (SSSR count). The Balaban J connectivity index is 1.64. The van der Waals surface area contributed by atoms with Crippen LogP contribution in [0.25, 0.3) is 0 Å².